The van der Waals surface area contributed by atoms with Crippen LogP contribution in [0, 0.1) is 30.3 Å². The highest BCUT2D eigenvalue weighted by atomic mass is 16.8. The number of hydrogen-bond acceptors (Lipinski definition) is 23. The minimum absolute atomic E-state index is 0.0453. The first-order valence-electron chi connectivity index (χ1n) is 20.1. The van der Waals surface area contributed by atoms with E-state index in [0.29, 0.717) is 19.3 Å². The maximum Gasteiger partial charge on any atom is 0.519 e. The van der Waals surface area contributed by atoms with Crippen LogP contribution in [-0.2, 0) is 33.2 Å². The van der Waals surface area contributed by atoms with Crippen LogP contribution < -0.4 is 14.2 Å². The fourth-order valence-corrected chi connectivity index (χ4v) is 4.34. The summed E-state index contributed by atoms with van der Waals surface area (Å²) >= 11 is 0. The molecule has 26 nitrogen and oxygen atoms in total. The summed E-state index contributed by atoms with van der Waals surface area (Å²) in [5, 5.41) is 75.2. The van der Waals surface area contributed by atoms with Crippen molar-refractivity contribution < 1.29 is 97.3 Å². The van der Waals surface area contributed by atoms with E-state index in [9.17, 15) is 39.9 Å². The Morgan fingerprint density at radius 2 is 0.731 bits per heavy atom. The standard InChI is InChI=1S/C14H19NO8.C13H8N2O7.2C7H16O4/c1-3-11(8-16)22-13(20-2)9-21-14(17)23-12-6-4-10(5-7-12)15(18)19;16-13(21-11-5-1-9(2-6-11)14(17)18)22-12-7-3-10(4-8-12)15(19)20;2*1-3-6(4-8)11-7(5-9)10-2/h4-7,11,13,16H,3,8-9H2,1-2H3;1-8H;2*6-9H,3-5H2,1-2H3. The lowest BCUT2D eigenvalue weighted by atomic mass is 10.3. The van der Waals surface area contributed by atoms with Crippen LogP contribution in [0.2, 0.25) is 0 Å². The molecule has 0 aliphatic carbocycles. The topological polar surface area (TPSA) is 357 Å². The zero-order valence-electron chi connectivity index (χ0n) is 37.7. The second-order valence-electron chi connectivity index (χ2n) is 12.8. The molecule has 3 aromatic carbocycles. The number of aliphatic hydroxyl groups is 5. The van der Waals surface area contributed by atoms with Gasteiger partial charge in [-0.1, -0.05) is 20.8 Å². The molecule has 6 atom stereocenters. The maximum absolute atomic E-state index is 11.5. The number of carbonyl (C=O) groups is 2. The van der Waals surface area contributed by atoms with Crippen molar-refractivity contribution in [2.75, 3.05) is 61.0 Å². The quantitative estimate of drug-likeness (QED) is 0.0258. The predicted molar refractivity (Wildman–Crippen MR) is 231 cm³/mol. The minimum Gasteiger partial charge on any atom is -0.429 e. The highest BCUT2D eigenvalue weighted by Crippen LogP contribution is 2.21. The van der Waals surface area contributed by atoms with Gasteiger partial charge in [0.15, 0.2) is 18.9 Å². The van der Waals surface area contributed by atoms with Crippen molar-refractivity contribution in [2.45, 2.75) is 77.2 Å². The van der Waals surface area contributed by atoms with Gasteiger partial charge in [-0.25, -0.2) is 9.59 Å². The van der Waals surface area contributed by atoms with Crippen LogP contribution in [-0.4, -0.2) is 151 Å². The van der Waals surface area contributed by atoms with Crippen molar-refractivity contribution in [3.63, 3.8) is 0 Å². The van der Waals surface area contributed by atoms with Crippen LogP contribution in [0.15, 0.2) is 72.8 Å². The Kier molecular flexibility index (Phi) is 32.9. The van der Waals surface area contributed by atoms with E-state index in [1.165, 1.54) is 94.1 Å². The zero-order chi connectivity index (χ0) is 50.7. The Bertz CT molecular complexity index is 1700. The molecule has 0 bridgehead atoms. The van der Waals surface area contributed by atoms with E-state index in [-0.39, 0.29) is 86.2 Å². The lowest BCUT2D eigenvalue weighted by Gasteiger charge is -2.21. The molecule has 0 saturated carbocycles. The second-order valence-corrected chi connectivity index (χ2v) is 12.8. The third kappa shape index (κ3) is 26.6. The van der Waals surface area contributed by atoms with Gasteiger partial charge in [-0.05, 0) is 55.7 Å². The van der Waals surface area contributed by atoms with E-state index in [4.69, 9.17) is 72.9 Å². The summed E-state index contributed by atoms with van der Waals surface area (Å²) in [5.41, 5.74) is -0.402. The zero-order valence-corrected chi connectivity index (χ0v) is 37.7. The molecule has 0 heterocycles. The van der Waals surface area contributed by atoms with Crippen molar-refractivity contribution >= 4 is 29.4 Å². The molecule has 0 radical (unpaired) electrons. The highest BCUT2D eigenvalue weighted by Gasteiger charge is 2.19. The first kappa shape index (κ1) is 61.0. The Balaban J connectivity index is 0.000000918. The van der Waals surface area contributed by atoms with Crippen molar-refractivity contribution in [2.24, 2.45) is 0 Å². The number of ether oxygens (including phenoxy) is 10. The van der Waals surface area contributed by atoms with E-state index < -0.39 is 52.1 Å². The third-order valence-corrected chi connectivity index (χ3v) is 8.18. The van der Waals surface area contributed by atoms with Gasteiger partial charge >= 0.3 is 12.3 Å². The van der Waals surface area contributed by atoms with Gasteiger partial charge in [-0.2, -0.15) is 0 Å². The van der Waals surface area contributed by atoms with Gasteiger partial charge in [0.2, 0.25) is 0 Å². The number of benzene rings is 3. The largest absolute Gasteiger partial charge is 0.519 e. The van der Waals surface area contributed by atoms with Crippen LogP contribution in [0.1, 0.15) is 40.0 Å². The van der Waals surface area contributed by atoms with Gasteiger partial charge in [0, 0.05) is 57.7 Å². The number of hydrogen-bond donors (Lipinski definition) is 5. The first-order chi connectivity index (χ1) is 32.0. The third-order valence-electron chi connectivity index (χ3n) is 8.18. The molecular weight excluding hydrogens is 902 g/mol. The van der Waals surface area contributed by atoms with E-state index in [2.05, 4.69) is 0 Å². The average Bonchev–Trinajstić information content (AvgIpc) is 3.33. The highest BCUT2D eigenvalue weighted by molar-refractivity contribution is 5.67. The summed E-state index contributed by atoms with van der Waals surface area (Å²) in [6, 6.07) is 14.7. The van der Waals surface area contributed by atoms with Gasteiger partial charge in [0.25, 0.3) is 17.1 Å². The summed E-state index contributed by atoms with van der Waals surface area (Å²) in [5.74, 6) is 0.243. The lowest BCUT2D eigenvalue weighted by Crippen LogP contribution is -2.31. The molecule has 0 fully saturated rings. The van der Waals surface area contributed by atoms with Crippen LogP contribution in [0.5, 0.6) is 17.2 Å². The molecule has 0 saturated heterocycles. The van der Waals surface area contributed by atoms with Crippen molar-refractivity contribution in [3.8, 4) is 17.2 Å². The van der Waals surface area contributed by atoms with E-state index in [1.807, 2.05) is 20.8 Å². The fourth-order valence-electron chi connectivity index (χ4n) is 4.34. The number of non-ortho nitro benzene ring substituents is 3. The molecule has 3 aromatic rings. The normalized spacial score (nSPS) is 13.1. The number of nitro groups is 3. The molecule has 3 rings (SSSR count). The summed E-state index contributed by atoms with van der Waals surface area (Å²) in [6.07, 6.45) is -3.07. The number of rotatable bonds is 25. The molecule has 0 aliphatic rings. The van der Waals surface area contributed by atoms with Crippen molar-refractivity contribution in [1.82, 2.24) is 0 Å². The smallest absolute Gasteiger partial charge is 0.429 e. The Morgan fingerprint density at radius 1 is 0.463 bits per heavy atom. The van der Waals surface area contributed by atoms with Gasteiger partial charge in [0.05, 0.1) is 66.1 Å². The van der Waals surface area contributed by atoms with Crippen LogP contribution in [0.3, 0.4) is 0 Å². The van der Waals surface area contributed by atoms with Gasteiger partial charge in [-0.15, -0.1) is 0 Å². The SMILES string of the molecule is CCC(CO)OC(CO)OC.CCC(CO)OC(CO)OC.CCC(CO)OC(COC(=O)Oc1ccc([N+](=O)[O-])cc1)OC.O=C(Oc1ccc([N+](=O)[O-])cc1)Oc1ccc([N+](=O)[O-])cc1. The maximum atomic E-state index is 11.5. The Hall–Kier alpha value is -6.04. The van der Waals surface area contributed by atoms with Crippen LogP contribution >= 0.6 is 0 Å². The lowest BCUT2D eigenvalue weighted by molar-refractivity contribution is -0.385. The second kappa shape index (κ2) is 36.1. The average molecular weight is 962 g/mol. The molecule has 67 heavy (non-hydrogen) atoms. The molecule has 0 aliphatic heterocycles. The predicted octanol–water partition coefficient (Wildman–Crippen LogP) is 4.43. The van der Waals surface area contributed by atoms with E-state index in [1.54, 1.807) is 0 Å². The van der Waals surface area contributed by atoms with Crippen molar-refractivity contribution in [1.29, 1.82) is 0 Å². The van der Waals surface area contributed by atoms with E-state index in [0.717, 1.165) is 0 Å². The fraction of sp³-hybridized carbons (Fsp3) is 0.512. The molecule has 0 spiro atoms. The molecule has 0 amide bonds. The first-order valence-corrected chi connectivity index (χ1v) is 20.1. The molecule has 0 aromatic heterocycles. The monoisotopic (exact) mass is 961 g/mol. The molecular formula is C41H59N3O23. The molecule has 6 unspecified atom stereocenters. The number of carbonyl (C=O) groups excluding carboxylic acids is 2. The van der Waals surface area contributed by atoms with Gasteiger partial charge in [-0.3, -0.25) is 30.3 Å². The van der Waals surface area contributed by atoms with Crippen molar-refractivity contribution in [3.05, 3.63) is 103 Å². The van der Waals surface area contributed by atoms with Crippen LogP contribution in [0.4, 0.5) is 26.7 Å². The number of nitrogens with zero attached hydrogens (tertiary/aromatic N) is 3. The number of aliphatic hydroxyl groups excluding tert-OH is 5. The van der Waals surface area contributed by atoms with Crippen LogP contribution in [0.25, 0.3) is 0 Å². The summed E-state index contributed by atoms with van der Waals surface area (Å²) in [6.45, 7) is 4.75. The molecule has 376 valence electrons. The van der Waals surface area contributed by atoms with Gasteiger partial charge < -0.3 is 72.9 Å². The van der Waals surface area contributed by atoms with E-state index >= 15 is 0 Å². The number of methoxy groups -OCH3 is 3. The summed E-state index contributed by atoms with van der Waals surface area (Å²) < 4.78 is 49.4. The Morgan fingerprint density at radius 3 is 0.955 bits per heavy atom. The summed E-state index contributed by atoms with van der Waals surface area (Å²) in [7, 11) is 4.27. The Labute approximate surface area is 384 Å². The number of nitro benzene ring substituents is 3. The molecule has 26 heteroatoms. The summed E-state index contributed by atoms with van der Waals surface area (Å²) in [4.78, 5) is 52.8. The van der Waals surface area contributed by atoms with Gasteiger partial charge in [0.1, 0.15) is 23.9 Å². The molecule has 5 N–H and O–H groups in total. The minimum atomic E-state index is -1.07.